The first-order valence-electron chi connectivity index (χ1n) is 12.9. The molecule has 5 nitrogen and oxygen atoms in total. The summed E-state index contributed by atoms with van der Waals surface area (Å²) in [6, 6.07) is 10.6. The predicted molar refractivity (Wildman–Crippen MR) is 162 cm³/mol. The number of carbonyl (C=O) groups is 1. The standard InChI is InChI=1S/C11H13.C8H15NO.C6H8N3.2C2H6.C2H3.6W/c1-4-11(2,3)10-8-6-5-7-9-10;1-6(2)7(3)8(10)9(4)5;1-8(2)6-4-7-9(3)5-6;3*1-2;;;;;;/h5-9H,4H2,2-3H3;1-5H3;4-5H,1,3H3;2*1-2H3;1H3;;;;;;/q-1;;-1;;;-1;;;;;;. The van der Waals surface area contributed by atoms with Crippen molar-refractivity contribution < 1.29 is 126 Å². The second-order valence-electron chi connectivity index (χ2n) is 8.62. The molecule has 1 aromatic carbocycles. The molecule has 240 valence electrons. The molecule has 0 saturated carbocycles. The summed E-state index contributed by atoms with van der Waals surface area (Å²) in [5.41, 5.74) is 4.66. The fourth-order valence-electron chi connectivity index (χ4n) is 2.36. The molecule has 11 heteroatoms. The topological polar surface area (TPSA) is 41.4 Å². The van der Waals surface area contributed by atoms with Crippen molar-refractivity contribution in [2.45, 2.75) is 81.1 Å². The van der Waals surface area contributed by atoms with Gasteiger partial charge >= 0.3 is 187 Å². The van der Waals surface area contributed by atoms with E-state index in [1.165, 1.54) is 63.6 Å². The molecule has 1 amide bonds. The molecule has 0 fully saturated rings. The minimum atomic E-state index is 0. The van der Waals surface area contributed by atoms with Gasteiger partial charge in [-0.05, 0) is 20.8 Å². The van der Waals surface area contributed by atoms with Crippen LogP contribution in [0.5, 0.6) is 0 Å². The van der Waals surface area contributed by atoms with E-state index in [4.69, 9.17) is 0 Å². The second kappa shape index (κ2) is 38.4. The van der Waals surface area contributed by atoms with E-state index >= 15 is 0 Å². The third-order valence-electron chi connectivity index (χ3n) is 4.76. The third-order valence-corrected chi connectivity index (χ3v) is 6.26. The number of likely N-dealkylation sites (N-methyl/N-ethyl adjacent to an activating group) is 1. The van der Waals surface area contributed by atoms with Gasteiger partial charge in [-0.1, -0.05) is 33.3 Å². The monoisotopic (exact) mass is 1600 g/mol. The first-order valence-corrected chi connectivity index (χ1v) is 17.3. The van der Waals surface area contributed by atoms with Gasteiger partial charge in [0.15, 0.2) is 0 Å². The maximum Gasteiger partial charge on any atom is 0 e. The van der Waals surface area contributed by atoms with Crippen LogP contribution in [0.4, 0.5) is 5.69 Å². The molecule has 0 aliphatic heterocycles. The normalized spacial score (nSPS) is 8.14. The quantitative estimate of drug-likeness (QED) is 0.193. The number of nitrogens with zero attached hydrogens (tertiary/aromatic N) is 4. The summed E-state index contributed by atoms with van der Waals surface area (Å²) in [6.07, 6.45) is 4.82. The van der Waals surface area contributed by atoms with Crippen molar-refractivity contribution >= 4 is 24.9 Å². The summed E-state index contributed by atoms with van der Waals surface area (Å²) in [6.45, 7) is 20.2. The van der Waals surface area contributed by atoms with Gasteiger partial charge in [-0.15, -0.1) is 0 Å². The van der Waals surface area contributed by atoms with Gasteiger partial charge in [-0.2, -0.15) is 0 Å². The van der Waals surface area contributed by atoms with Crippen LogP contribution in [-0.4, -0.2) is 55.1 Å². The van der Waals surface area contributed by atoms with Crippen LogP contribution in [0.25, 0.3) is 0 Å². The van der Waals surface area contributed by atoms with E-state index < -0.39 is 0 Å². The van der Waals surface area contributed by atoms with Crippen molar-refractivity contribution in [1.82, 2.24) is 14.7 Å². The van der Waals surface area contributed by atoms with Crippen LogP contribution in [0.15, 0.2) is 53.9 Å². The van der Waals surface area contributed by atoms with Crippen LogP contribution in [0.2, 0.25) is 0 Å². The van der Waals surface area contributed by atoms with Crippen LogP contribution >= 0.6 is 0 Å². The van der Waals surface area contributed by atoms with Crippen LogP contribution in [0.1, 0.15) is 81.2 Å². The van der Waals surface area contributed by atoms with Gasteiger partial charge in [0.25, 0.3) is 0 Å². The number of amides is 1. The van der Waals surface area contributed by atoms with E-state index in [2.05, 4.69) is 62.6 Å². The number of anilines is 1. The van der Waals surface area contributed by atoms with Gasteiger partial charge in [-0.3, -0.25) is 4.79 Å². The summed E-state index contributed by atoms with van der Waals surface area (Å²) in [5, 5.41) is 4.03. The first kappa shape index (κ1) is 58.7. The molecule has 0 aliphatic carbocycles. The summed E-state index contributed by atoms with van der Waals surface area (Å²) < 4.78 is 11.0. The Morgan fingerprint density at radius 3 is 1.62 bits per heavy atom. The number of hydrogen-bond donors (Lipinski definition) is 0. The molecule has 0 N–H and O–H groups in total. The summed E-state index contributed by atoms with van der Waals surface area (Å²) in [5.74, 6) is 0.0972. The smallest absolute Gasteiger partial charge is 0 e. The first-order chi connectivity index (χ1) is 18.3. The number of aromatic nitrogens is 2. The molecule has 0 aliphatic rings. The minimum absolute atomic E-state index is 0. The number of benzene rings is 1. The molecule has 1 heterocycles. The van der Waals surface area contributed by atoms with Crippen LogP contribution in [0.3, 0.4) is 0 Å². The molecule has 42 heavy (non-hydrogen) atoms. The molecular weight excluding hydrogens is 1550 g/mol. The van der Waals surface area contributed by atoms with E-state index in [-0.39, 0.29) is 74.5 Å². The molecule has 0 atom stereocenters. The number of hydrogen-bond acceptors (Lipinski definition) is 3. The third kappa shape index (κ3) is 31.2. The Morgan fingerprint density at radius 1 is 0.929 bits per heavy atom. The molecule has 0 bridgehead atoms. The molecule has 2 aromatic rings. The van der Waals surface area contributed by atoms with Gasteiger partial charge in [0.05, 0.1) is 0 Å². The van der Waals surface area contributed by atoms with Crippen LogP contribution in [0, 0.1) is 0 Å². The van der Waals surface area contributed by atoms with Crippen molar-refractivity contribution in [2.24, 2.45) is 7.05 Å². The molecule has 0 saturated heterocycles. The Morgan fingerprint density at radius 2 is 1.36 bits per heavy atom. The summed E-state index contributed by atoms with van der Waals surface area (Å²) in [7, 11) is 7.38. The Labute approximate surface area is 335 Å². The Hall–Kier alpha value is 1.18. The Bertz CT molecular complexity index is 942. The van der Waals surface area contributed by atoms with Crippen molar-refractivity contribution in [2.75, 3.05) is 26.0 Å². The van der Waals surface area contributed by atoms with Gasteiger partial charge < -0.3 is 4.90 Å². The molecular formula is C31H51N4OW6-3. The minimum Gasteiger partial charge on any atom is 0 e. The zero-order valence-electron chi connectivity index (χ0n) is 27.9. The maximum atomic E-state index is 11.2. The van der Waals surface area contributed by atoms with E-state index in [0.29, 0.717) is 0 Å². The van der Waals surface area contributed by atoms with Crippen molar-refractivity contribution in [1.29, 1.82) is 0 Å². The Balaban J connectivity index is -0.0000000767. The van der Waals surface area contributed by atoms with Gasteiger partial charge in [0.1, 0.15) is 0 Å². The number of aryl methyl sites for hydroxylation is 1. The van der Waals surface area contributed by atoms with Gasteiger partial charge in [0.2, 0.25) is 5.91 Å². The second-order valence-corrected chi connectivity index (χ2v) is 11.8. The van der Waals surface area contributed by atoms with E-state index in [9.17, 15) is 4.79 Å². The largest absolute Gasteiger partial charge is 0 e. The SMILES string of the molecule is CC.CC.CC(C)(C[C-]=[W])c1ccccc1.CC(C)=C(C)C(=O)N(C)C.CN([C-]=[W])c1cnn(C)c1.C[C-]=[W].[W].[W].[W]. The molecule has 1 aromatic heterocycles. The maximum absolute atomic E-state index is 11.2. The fraction of sp³-hybridized carbons (Fsp3) is 0.516. The molecule has 0 radical (unpaired) electrons. The van der Waals surface area contributed by atoms with E-state index in [1.807, 2.05) is 86.8 Å². The van der Waals surface area contributed by atoms with Crippen LogP contribution < -0.4 is 4.90 Å². The molecule has 0 unspecified atom stereocenters. The molecule has 2 rings (SSSR count). The fourth-order valence-corrected chi connectivity index (χ4v) is 4.03. The van der Waals surface area contributed by atoms with E-state index in [1.54, 1.807) is 23.7 Å². The Kier molecular flexibility index (Phi) is 53.6. The predicted octanol–water partition coefficient (Wildman–Crippen LogP) is 6.33. The zero-order valence-corrected chi connectivity index (χ0v) is 45.5. The number of carbonyl (C=O) groups excluding carboxylic acids is 1. The number of allylic oxidation sites excluding steroid dienone is 1. The van der Waals surface area contributed by atoms with Crippen molar-refractivity contribution in [3.05, 3.63) is 59.4 Å². The summed E-state index contributed by atoms with van der Waals surface area (Å²) in [4.78, 5) is 14.7. The number of rotatable bonds is 6. The zero-order chi connectivity index (χ0) is 31.6. The van der Waals surface area contributed by atoms with Gasteiger partial charge in [0, 0.05) is 82.9 Å². The van der Waals surface area contributed by atoms with Crippen LogP contribution in [-0.2, 0) is 139 Å². The molecule has 0 spiro atoms. The average Bonchev–Trinajstić information content (AvgIpc) is 3.37. The van der Waals surface area contributed by atoms with Gasteiger partial charge in [-0.25, -0.2) is 0 Å². The van der Waals surface area contributed by atoms with Crippen molar-refractivity contribution in [3.8, 4) is 0 Å². The van der Waals surface area contributed by atoms with Crippen molar-refractivity contribution in [3.63, 3.8) is 0 Å². The van der Waals surface area contributed by atoms with E-state index in [0.717, 1.165) is 23.3 Å². The average molecular weight is 1600 g/mol. The summed E-state index contributed by atoms with van der Waals surface area (Å²) >= 11 is 4.18.